The summed E-state index contributed by atoms with van der Waals surface area (Å²) in [4.78, 5) is 11.6. The van der Waals surface area contributed by atoms with E-state index in [4.69, 9.17) is 4.99 Å². The second-order valence-electron chi connectivity index (χ2n) is 10.5. The summed E-state index contributed by atoms with van der Waals surface area (Å²) >= 11 is 0. The maximum Gasteiger partial charge on any atom is 0.142 e. The number of aryl methyl sites for hydroxylation is 2. The summed E-state index contributed by atoms with van der Waals surface area (Å²) in [5.41, 5.74) is 7.72. The van der Waals surface area contributed by atoms with Gasteiger partial charge in [0.15, 0.2) is 0 Å². The average molecular weight is 503 g/mol. The van der Waals surface area contributed by atoms with Gasteiger partial charge in [-0.05, 0) is 67.7 Å². The van der Waals surface area contributed by atoms with Crippen LogP contribution < -0.4 is 10.2 Å². The summed E-state index contributed by atoms with van der Waals surface area (Å²) in [5, 5.41) is 3.40. The first-order chi connectivity index (χ1) is 17.4. The monoisotopic (exact) mass is 502 g/mol. The van der Waals surface area contributed by atoms with E-state index in [0.29, 0.717) is 5.82 Å². The number of rotatable bonds is 9. The van der Waals surface area contributed by atoms with Crippen molar-refractivity contribution < 1.29 is 0 Å². The van der Waals surface area contributed by atoms with Gasteiger partial charge in [0.25, 0.3) is 0 Å². The molecule has 2 rings (SSSR count). The van der Waals surface area contributed by atoms with Gasteiger partial charge in [0, 0.05) is 41.3 Å². The molecule has 4 heteroatoms. The van der Waals surface area contributed by atoms with Gasteiger partial charge >= 0.3 is 0 Å². The number of aromatic nitrogens is 1. The minimum absolute atomic E-state index is 0.0437. The second kappa shape index (κ2) is 15.2. The highest BCUT2D eigenvalue weighted by Gasteiger charge is 2.20. The standard InChI is InChI=1S/C30H42N4.C3H8/c1-11-14-24-19-25(16-15-23(24)12-2)32-22(6)33-29(27(13-3)21(4)5)34(10)26-17-18-31-28(20-26)30(7,8)9;1-3-2/h13,15-20,32H,4,6,11-12,14H2,1-3,5,7-10H3;3H2,1-2H3/b27-13-,33-29+;. The molecule has 0 bridgehead atoms. The Morgan fingerprint density at radius 2 is 1.70 bits per heavy atom. The average Bonchev–Trinajstić information content (AvgIpc) is 2.83. The van der Waals surface area contributed by atoms with Gasteiger partial charge in [0.2, 0.25) is 0 Å². The van der Waals surface area contributed by atoms with E-state index >= 15 is 0 Å². The maximum atomic E-state index is 4.94. The van der Waals surface area contributed by atoms with Crippen molar-refractivity contribution in [3.63, 3.8) is 0 Å². The van der Waals surface area contributed by atoms with Crippen molar-refractivity contribution in [2.75, 3.05) is 17.3 Å². The quantitative estimate of drug-likeness (QED) is 0.211. The Morgan fingerprint density at radius 1 is 1.05 bits per heavy atom. The number of anilines is 2. The Kier molecular flexibility index (Phi) is 13.1. The van der Waals surface area contributed by atoms with Crippen LogP contribution in [0.3, 0.4) is 0 Å². The number of hydrogen-bond acceptors (Lipinski definition) is 3. The van der Waals surface area contributed by atoms with E-state index in [1.807, 2.05) is 39.2 Å². The van der Waals surface area contributed by atoms with E-state index in [1.165, 1.54) is 17.5 Å². The number of allylic oxidation sites excluding steroid dienone is 1. The molecule has 0 aliphatic rings. The van der Waals surface area contributed by atoms with Gasteiger partial charge in [0.05, 0.1) is 0 Å². The maximum absolute atomic E-state index is 4.94. The molecule has 1 N–H and O–H groups in total. The number of benzene rings is 1. The molecule has 0 saturated heterocycles. The van der Waals surface area contributed by atoms with Crippen molar-refractivity contribution in [1.82, 2.24) is 4.98 Å². The van der Waals surface area contributed by atoms with Crippen molar-refractivity contribution in [3.05, 3.63) is 89.6 Å². The summed E-state index contributed by atoms with van der Waals surface area (Å²) in [6.07, 6.45) is 8.38. The van der Waals surface area contributed by atoms with E-state index in [1.54, 1.807) is 0 Å². The highest BCUT2D eigenvalue weighted by atomic mass is 15.2. The van der Waals surface area contributed by atoms with Crippen molar-refractivity contribution in [1.29, 1.82) is 0 Å². The number of nitrogens with one attached hydrogen (secondary N) is 1. The van der Waals surface area contributed by atoms with Gasteiger partial charge in [-0.2, -0.15) is 0 Å². The number of amidine groups is 1. The van der Waals surface area contributed by atoms with Crippen LogP contribution >= 0.6 is 0 Å². The third kappa shape index (κ3) is 9.68. The molecule has 0 spiro atoms. The fraction of sp³-hybridized carbons (Fsp3) is 0.455. The van der Waals surface area contributed by atoms with Gasteiger partial charge in [0.1, 0.15) is 11.7 Å². The van der Waals surface area contributed by atoms with Gasteiger partial charge in [-0.3, -0.25) is 4.98 Å². The first-order valence-corrected chi connectivity index (χ1v) is 13.6. The van der Waals surface area contributed by atoms with Gasteiger partial charge < -0.3 is 10.2 Å². The molecule has 1 aromatic carbocycles. The normalized spacial score (nSPS) is 11.9. The second-order valence-corrected chi connectivity index (χ2v) is 10.5. The summed E-state index contributed by atoms with van der Waals surface area (Å²) < 4.78 is 0. The molecule has 37 heavy (non-hydrogen) atoms. The van der Waals surface area contributed by atoms with Crippen LogP contribution in [0.15, 0.2) is 77.7 Å². The fourth-order valence-electron chi connectivity index (χ4n) is 3.92. The van der Waals surface area contributed by atoms with E-state index in [-0.39, 0.29) is 5.41 Å². The molecule has 1 aromatic heterocycles. The van der Waals surface area contributed by atoms with E-state index in [9.17, 15) is 0 Å². The van der Waals surface area contributed by atoms with Crippen LogP contribution in [0.2, 0.25) is 0 Å². The first-order valence-electron chi connectivity index (χ1n) is 13.6. The van der Waals surface area contributed by atoms with Crippen LogP contribution in [0, 0.1) is 0 Å². The Labute approximate surface area is 227 Å². The van der Waals surface area contributed by atoms with Crippen molar-refractivity contribution in [3.8, 4) is 0 Å². The lowest BCUT2D eigenvalue weighted by Crippen LogP contribution is -2.29. The predicted octanol–water partition coefficient (Wildman–Crippen LogP) is 9.25. The van der Waals surface area contributed by atoms with Crippen molar-refractivity contribution >= 4 is 17.2 Å². The van der Waals surface area contributed by atoms with E-state index < -0.39 is 0 Å². The molecule has 0 amide bonds. The third-order valence-electron chi connectivity index (χ3n) is 5.84. The fourth-order valence-corrected chi connectivity index (χ4v) is 3.92. The molecule has 202 valence electrons. The number of pyridine rings is 1. The summed E-state index contributed by atoms with van der Waals surface area (Å²) in [7, 11) is 2.02. The van der Waals surface area contributed by atoms with Crippen LogP contribution in [-0.4, -0.2) is 17.9 Å². The van der Waals surface area contributed by atoms with Crippen LogP contribution in [0.25, 0.3) is 0 Å². The van der Waals surface area contributed by atoms with Crippen LogP contribution in [0.4, 0.5) is 11.4 Å². The molecule has 0 atom stereocenters. The molecule has 0 radical (unpaired) electrons. The van der Waals surface area contributed by atoms with Crippen molar-refractivity contribution in [2.24, 2.45) is 4.99 Å². The molecule has 1 heterocycles. The summed E-state index contributed by atoms with van der Waals surface area (Å²) in [5.74, 6) is 1.37. The van der Waals surface area contributed by atoms with Crippen molar-refractivity contribution in [2.45, 2.75) is 93.4 Å². The highest BCUT2D eigenvalue weighted by Crippen LogP contribution is 2.26. The zero-order valence-electron chi connectivity index (χ0n) is 25.1. The number of nitrogens with zero attached hydrogens (tertiary/aromatic N) is 3. The molecule has 0 aliphatic carbocycles. The number of aliphatic imine (C=N–C) groups is 1. The lowest BCUT2D eigenvalue weighted by atomic mass is 9.91. The molecule has 4 nitrogen and oxygen atoms in total. The van der Waals surface area contributed by atoms with Crippen LogP contribution in [0.5, 0.6) is 0 Å². The van der Waals surface area contributed by atoms with Gasteiger partial charge in [-0.1, -0.05) is 86.6 Å². The molecular weight excluding hydrogens is 452 g/mol. The molecule has 0 aliphatic heterocycles. The molecule has 0 fully saturated rings. The number of likely N-dealkylation sites (N-methyl/N-ethyl adjacent to an activating group) is 1. The smallest absolute Gasteiger partial charge is 0.142 e. The summed E-state index contributed by atoms with van der Waals surface area (Å²) in [6.45, 7) is 27.6. The minimum atomic E-state index is -0.0437. The Morgan fingerprint density at radius 3 is 2.22 bits per heavy atom. The predicted molar refractivity (Wildman–Crippen MR) is 166 cm³/mol. The van der Waals surface area contributed by atoms with Crippen LogP contribution in [0.1, 0.15) is 92.0 Å². The van der Waals surface area contributed by atoms with Crippen LogP contribution in [-0.2, 0) is 18.3 Å². The zero-order chi connectivity index (χ0) is 28.2. The Hall–Kier alpha value is -3.14. The minimum Gasteiger partial charge on any atom is -0.341 e. The third-order valence-corrected chi connectivity index (χ3v) is 5.84. The van der Waals surface area contributed by atoms with E-state index in [2.05, 4.69) is 101 Å². The lowest BCUT2D eigenvalue weighted by molar-refractivity contribution is 0.569. The molecule has 0 unspecified atom stereocenters. The SMILES string of the molecule is C=C(/N=C(\C(=C/C)C(=C)C)N(C)c1ccnc(C(C)(C)C)c1)Nc1ccc(CC)c(CCC)c1.CCC. The lowest BCUT2D eigenvalue weighted by Gasteiger charge is -2.26. The Balaban J connectivity index is 0.00000217. The molecule has 2 aromatic rings. The largest absolute Gasteiger partial charge is 0.341 e. The highest BCUT2D eigenvalue weighted by molar-refractivity contribution is 6.12. The topological polar surface area (TPSA) is 40.5 Å². The number of hydrogen-bond donors (Lipinski definition) is 1. The van der Waals surface area contributed by atoms with Gasteiger partial charge in [-0.15, -0.1) is 0 Å². The van der Waals surface area contributed by atoms with Gasteiger partial charge in [-0.25, -0.2) is 4.99 Å². The summed E-state index contributed by atoms with van der Waals surface area (Å²) in [6, 6.07) is 10.7. The first kappa shape index (κ1) is 31.9. The van der Waals surface area contributed by atoms with E-state index in [0.717, 1.165) is 53.3 Å². The Bertz CT molecular complexity index is 1100. The molecular formula is C33H50N4. The molecule has 0 saturated carbocycles. The zero-order valence-corrected chi connectivity index (χ0v) is 25.1.